The van der Waals surface area contributed by atoms with Gasteiger partial charge in [0, 0.05) is 28.2 Å². The van der Waals surface area contributed by atoms with E-state index < -0.39 is 5.92 Å². The van der Waals surface area contributed by atoms with E-state index in [0.717, 1.165) is 33.8 Å². The van der Waals surface area contributed by atoms with Crippen molar-refractivity contribution in [3.8, 4) is 0 Å². The Morgan fingerprint density at radius 3 is 2.79 bits per heavy atom. The third kappa shape index (κ3) is 1.52. The Morgan fingerprint density at radius 2 is 1.86 bits per heavy atom. The molecule has 3 unspecified atom stereocenters. The van der Waals surface area contributed by atoms with Crippen LogP contribution in [0.25, 0.3) is 0 Å². The highest BCUT2D eigenvalue weighted by atomic mass is 16.5. The Balaban J connectivity index is 1.48. The summed E-state index contributed by atoms with van der Waals surface area (Å²) in [6.07, 6.45) is 19.0. The Labute approximate surface area is 160 Å². The lowest BCUT2D eigenvalue weighted by Gasteiger charge is -2.37. The first-order valence-corrected chi connectivity index (χ1v) is 9.39. The van der Waals surface area contributed by atoms with E-state index in [9.17, 15) is 9.90 Å². The molecule has 5 aliphatic carbocycles. The molecule has 0 bridgehead atoms. The molecule has 2 aliphatic heterocycles. The number of aliphatic hydroxyl groups is 1. The van der Waals surface area contributed by atoms with Gasteiger partial charge in [-0.15, -0.1) is 0 Å². The van der Waals surface area contributed by atoms with Crippen molar-refractivity contribution >= 4 is 5.78 Å². The van der Waals surface area contributed by atoms with Crippen LogP contribution in [0, 0.1) is 17.8 Å². The van der Waals surface area contributed by atoms with Crippen LogP contribution in [0.4, 0.5) is 0 Å². The fourth-order valence-corrected chi connectivity index (χ4v) is 5.32. The van der Waals surface area contributed by atoms with Gasteiger partial charge in [-0.3, -0.25) is 4.79 Å². The van der Waals surface area contributed by atoms with Crippen LogP contribution in [-0.4, -0.2) is 10.9 Å². The van der Waals surface area contributed by atoms with Gasteiger partial charge in [0.25, 0.3) is 0 Å². The Bertz CT molecular complexity index is 1230. The Kier molecular flexibility index (Phi) is 2.41. The number of aliphatic hydroxyl groups excluding tert-OH is 1. The molecule has 4 nitrogen and oxygen atoms in total. The lowest BCUT2D eigenvalue weighted by atomic mass is 9.68. The van der Waals surface area contributed by atoms with Crippen molar-refractivity contribution in [1.82, 2.24) is 0 Å². The van der Waals surface area contributed by atoms with Crippen molar-refractivity contribution in [1.29, 1.82) is 0 Å². The summed E-state index contributed by atoms with van der Waals surface area (Å²) in [5.41, 5.74) is 5.77. The molecule has 0 saturated carbocycles. The van der Waals surface area contributed by atoms with Gasteiger partial charge in [-0.05, 0) is 41.0 Å². The van der Waals surface area contributed by atoms with Crippen LogP contribution in [0.1, 0.15) is 0 Å². The second-order valence-electron chi connectivity index (χ2n) is 7.79. The third-order valence-corrected chi connectivity index (χ3v) is 6.51. The summed E-state index contributed by atoms with van der Waals surface area (Å²) >= 11 is 0. The van der Waals surface area contributed by atoms with Crippen molar-refractivity contribution in [2.24, 2.45) is 17.8 Å². The standard InChI is InChI=1S/C24H14O4/c25-23-16-10-18-20-12(6-8-28-18)2-4-14(20)22(16)24(26)15-9-17-19-11(5-7-27-17)1-3-13(19)21(15)23/h1-11,20-21,26H. The largest absolute Gasteiger partial charge is 0.507 e. The van der Waals surface area contributed by atoms with E-state index in [1.807, 2.05) is 42.5 Å². The molecule has 7 aliphatic rings. The van der Waals surface area contributed by atoms with Gasteiger partial charge >= 0.3 is 0 Å². The zero-order valence-corrected chi connectivity index (χ0v) is 14.7. The zero-order valence-electron chi connectivity index (χ0n) is 14.7. The highest BCUT2D eigenvalue weighted by Crippen LogP contribution is 2.54. The van der Waals surface area contributed by atoms with Crippen LogP contribution in [-0.2, 0) is 14.3 Å². The molecule has 0 aromatic rings. The first-order chi connectivity index (χ1) is 13.7. The number of carbonyl (C=O) groups is 1. The minimum atomic E-state index is -0.504. The lowest BCUT2D eigenvalue weighted by Crippen LogP contribution is -2.33. The maximum atomic E-state index is 13.6. The van der Waals surface area contributed by atoms with E-state index in [1.165, 1.54) is 0 Å². The van der Waals surface area contributed by atoms with Gasteiger partial charge in [-0.25, -0.2) is 0 Å². The third-order valence-electron chi connectivity index (χ3n) is 6.51. The van der Waals surface area contributed by atoms with E-state index >= 15 is 0 Å². The predicted octanol–water partition coefficient (Wildman–Crippen LogP) is 4.14. The monoisotopic (exact) mass is 366 g/mol. The molecule has 0 radical (unpaired) electrons. The Hall–Kier alpha value is -3.53. The molecule has 0 spiro atoms. The fraction of sp³-hybridized carbons (Fsp3) is 0.125. The van der Waals surface area contributed by atoms with Crippen molar-refractivity contribution in [3.05, 3.63) is 117 Å². The van der Waals surface area contributed by atoms with Gasteiger partial charge in [0.15, 0.2) is 5.78 Å². The van der Waals surface area contributed by atoms with E-state index in [-0.39, 0.29) is 23.4 Å². The molecule has 0 amide bonds. The number of hydrogen-bond acceptors (Lipinski definition) is 4. The van der Waals surface area contributed by atoms with E-state index in [0.29, 0.717) is 16.7 Å². The molecule has 1 N–H and O–H groups in total. The number of ketones is 1. The number of Topliss-reactive ketones (excluding diaryl/α,β-unsaturated/α-hetero) is 1. The molecule has 28 heavy (non-hydrogen) atoms. The smallest absolute Gasteiger partial charge is 0.175 e. The average Bonchev–Trinajstić information content (AvgIpc) is 3.33. The minimum Gasteiger partial charge on any atom is -0.507 e. The molecular formula is C24H14O4. The molecule has 7 rings (SSSR count). The van der Waals surface area contributed by atoms with Crippen LogP contribution in [0.2, 0.25) is 0 Å². The highest BCUT2D eigenvalue weighted by Gasteiger charge is 2.47. The van der Waals surface area contributed by atoms with Crippen molar-refractivity contribution in [2.45, 2.75) is 0 Å². The van der Waals surface area contributed by atoms with Gasteiger partial charge in [-0.1, -0.05) is 24.3 Å². The van der Waals surface area contributed by atoms with Gasteiger partial charge in [0.2, 0.25) is 0 Å². The summed E-state index contributed by atoms with van der Waals surface area (Å²) in [6, 6.07) is 0. The van der Waals surface area contributed by atoms with Crippen molar-refractivity contribution < 1.29 is 19.4 Å². The number of allylic oxidation sites excluding steroid dienone is 14. The molecule has 2 heterocycles. The summed E-state index contributed by atoms with van der Waals surface area (Å²) in [7, 11) is 0. The highest BCUT2D eigenvalue weighted by molar-refractivity contribution is 6.09. The molecule has 0 fully saturated rings. The normalized spacial score (nSPS) is 32.7. The first kappa shape index (κ1) is 14.5. The van der Waals surface area contributed by atoms with Crippen molar-refractivity contribution in [2.75, 3.05) is 0 Å². The summed E-state index contributed by atoms with van der Waals surface area (Å²) < 4.78 is 11.4. The number of hydrogen-bond donors (Lipinski definition) is 1. The maximum Gasteiger partial charge on any atom is 0.175 e. The molecule has 0 saturated heterocycles. The molecule has 134 valence electrons. The SMILES string of the molecule is O=C1C2=C(C3=CC=C4C=COC(=C2)C43)C(O)=C2C=C3OC=CC4C=CC(=C34)C12. The first-order valence-electron chi connectivity index (χ1n) is 9.39. The van der Waals surface area contributed by atoms with Crippen LogP contribution in [0.3, 0.4) is 0 Å². The number of ether oxygens (including phenoxy) is 2. The fourth-order valence-electron chi connectivity index (χ4n) is 5.32. The van der Waals surface area contributed by atoms with Gasteiger partial charge in [0.1, 0.15) is 17.3 Å². The molecule has 3 atom stereocenters. The van der Waals surface area contributed by atoms with Crippen LogP contribution in [0.15, 0.2) is 117 Å². The topological polar surface area (TPSA) is 55.8 Å². The van der Waals surface area contributed by atoms with Crippen molar-refractivity contribution in [3.63, 3.8) is 0 Å². The summed E-state index contributed by atoms with van der Waals surface area (Å²) in [6.45, 7) is 0. The van der Waals surface area contributed by atoms with E-state index in [2.05, 4.69) is 6.08 Å². The predicted molar refractivity (Wildman–Crippen MR) is 101 cm³/mol. The number of rotatable bonds is 0. The second kappa shape index (κ2) is 4.65. The quantitative estimate of drug-likeness (QED) is 0.700. The Morgan fingerprint density at radius 1 is 0.929 bits per heavy atom. The minimum absolute atomic E-state index is 0.00101. The summed E-state index contributed by atoms with van der Waals surface area (Å²) in [5.74, 6) is 1.21. The van der Waals surface area contributed by atoms with Crippen LogP contribution < -0.4 is 0 Å². The van der Waals surface area contributed by atoms with Gasteiger partial charge in [-0.2, -0.15) is 0 Å². The summed E-state index contributed by atoms with van der Waals surface area (Å²) in [5, 5.41) is 11.3. The average molecular weight is 366 g/mol. The number of fused-ring (bicyclic) bond motifs is 3. The zero-order chi connectivity index (χ0) is 18.6. The lowest BCUT2D eigenvalue weighted by molar-refractivity contribution is -0.117. The molecule has 4 heteroatoms. The van der Waals surface area contributed by atoms with E-state index in [1.54, 1.807) is 12.5 Å². The van der Waals surface area contributed by atoms with Crippen LogP contribution in [0.5, 0.6) is 0 Å². The van der Waals surface area contributed by atoms with E-state index in [4.69, 9.17) is 9.47 Å². The maximum absolute atomic E-state index is 13.6. The second-order valence-corrected chi connectivity index (χ2v) is 7.79. The van der Waals surface area contributed by atoms with Gasteiger partial charge in [0.05, 0.1) is 24.4 Å². The van der Waals surface area contributed by atoms with Crippen LogP contribution >= 0.6 is 0 Å². The molecular weight excluding hydrogens is 352 g/mol. The molecule has 0 aromatic heterocycles. The summed E-state index contributed by atoms with van der Waals surface area (Å²) in [4.78, 5) is 13.6. The van der Waals surface area contributed by atoms with Gasteiger partial charge < -0.3 is 14.6 Å². The molecule has 0 aromatic carbocycles. The number of carbonyl (C=O) groups excluding carboxylic acids is 1.